The van der Waals surface area contributed by atoms with Crippen LogP contribution in [0.2, 0.25) is 0 Å². The Morgan fingerprint density at radius 1 is 1.00 bits per heavy atom. The molecule has 0 saturated heterocycles. The summed E-state index contributed by atoms with van der Waals surface area (Å²) in [7, 11) is 0. The number of carbonyl (C=O) groups is 2. The average Bonchev–Trinajstić information content (AvgIpc) is 2.66. The highest BCUT2D eigenvalue weighted by Gasteiger charge is 2.17. The first kappa shape index (κ1) is 12.9. The van der Waals surface area contributed by atoms with Crippen LogP contribution < -0.4 is 9.47 Å². The Bertz CT molecular complexity index is 347. The fourth-order valence-electron chi connectivity index (χ4n) is 0.897. The topological polar surface area (TPSA) is 84.2 Å². The van der Waals surface area contributed by atoms with Gasteiger partial charge >= 0.3 is 12.3 Å². The van der Waals surface area contributed by atoms with Crippen LogP contribution in [0.3, 0.4) is 0 Å². The lowest BCUT2D eigenvalue weighted by atomic mass is 10.5. The molecule has 0 radical (unpaired) electrons. The monoisotopic (exact) mass is 244 g/mol. The van der Waals surface area contributed by atoms with Crippen molar-refractivity contribution in [3.63, 3.8) is 0 Å². The summed E-state index contributed by atoms with van der Waals surface area (Å²) in [5, 5.41) is 0. The molecule has 0 amide bonds. The summed E-state index contributed by atoms with van der Waals surface area (Å²) in [6, 6.07) is 0. The minimum Gasteiger partial charge on any atom is -0.465 e. The van der Waals surface area contributed by atoms with Crippen LogP contribution in [0.4, 0.5) is 9.59 Å². The van der Waals surface area contributed by atoms with Gasteiger partial charge in [-0.3, -0.25) is 0 Å². The third kappa shape index (κ3) is 4.06. The van der Waals surface area contributed by atoms with Crippen LogP contribution in [-0.2, 0) is 9.47 Å². The predicted molar refractivity (Wildman–Crippen MR) is 54.0 cm³/mol. The third-order valence-corrected chi connectivity index (χ3v) is 1.50. The smallest absolute Gasteiger partial charge is 0.465 e. The molecule has 7 nitrogen and oxygen atoms in total. The van der Waals surface area contributed by atoms with E-state index in [1.807, 2.05) is 0 Å². The van der Waals surface area contributed by atoms with Gasteiger partial charge in [0.25, 0.3) is 0 Å². The lowest BCUT2D eigenvalue weighted by Gasteiger charge is -2.04. The fourth-order valence-corrected chi connectivity index (χ4v) is 0.897. The van der Waals surface area contributed by atoms with Gasteiger partial charge in [0.05, 0.1) is 13.2 Å². The minimum atomic E-state index is -0.914. The summed E-state index contributed by atoms with van der Waals surface area (Å²) in [6.07, 6.45) is 0.377. The Labute approximate surface area is 97.2 Å². The first-order valence-corrected chi connectivity index (χ1v) is 4.92. The van der Waals surface area contributed by atoms with Crippen molar-refractivity contribution in [1.82, 2.24) is 0 Å². The maximum absolute atomic E-state index is 11.0. The fraction of sp³-hybridized carbons (Fsp3) is 0.400. The molecular formula is C10H12O7. The second-order valence-electron chi connectivity index (χ2n) is 2.67. The Morgan fingerprint density at radius 3 is 1.76 bits per heavy atom. The van der Waals surface area contributed by atoms with E-state index in [0.717, 1.165) is 12.5 Å². The minimum absolute atomic E-state index is 0.0588. The number of rotatable bonds is 4. The molecule has 0 N–H and O–H groups in total. The molecule has 0 unspecified atom stereocenters. The van der Waals surface area contributed by atoms with Crippen LogP contribution >= 0.6 is 0 Å². The molecule has 1 rings (SSSR count). The molecule has 1 aromatic rings. The summed E-state index contributed by atoms with van der Waals surface area (Å²) >= 11 is 0. The van der Waals surface area contributed by atoms with Crippen molar-refractivity contribution in [2.45, 2.75) is 13.8 Å². The van der Waals surface area contributed by atoms with Gasteiger partial charge in [0.2, 0.25) is 11.5 Å². The van der Waals surface area contributed by atoms with Crippen molar-refractivity contribution < 1.29 is 33.0 Å². The largest absolute Gasteiger partial charge is 0.514 e. The Hall–Kier alpha value is -2.18. The molecule has 0 aromatic carbocycles. The third-order valence-electron chi connectivity index (χ3n) is 1.50. The molecule has 0 aliphatic heterocycles. The van der Waals surface area contributed by atoms with Gasteiger partial charge < -0.3 is 23.4 Å². The Morgan fingerprint density at radius 2 is 1.41 bits per heavy atom. The number of ether oxygens (including phenoxy) is 4. The van der Waals surface area contributed by atoms with Gasteiger partial charge in [0.15, 0.2) is 0 Å². The normalized spacial score (nSPS) is 9.53. The van der Waals surface area contributed by atoms with Gasteiger partial charge in [-0.2, -0.15) is 0 Å². The molecule has 0 atom stereocenters. The zero-order valence-electron chi connectivity index (χ0n) is 9.43. The van der Waals surface area contributed by atoms with E-state index in [0.29, 0.717) is 0 Å². The standard InChI is InChI=1S/C10H12O7/c1-3-14-9(11)16-7-5-13-6-8(7)17-10(12)15-4-2/h5-6H,3-4H2,1-2H3. The van der Waals surface area contributed by atoms with Crippen molar-refractivity contribution >= 4 is 12.3 Å². The highest BCUT2D eigenvalue weighted by Crippen LogP contribution is 2.28. The number of hydrogen-bond acceptors (Lipinski definition) is 7. The van der Waals surface area contributed by atoms with Crippen molar-refractivity contribution in [3.8, 4) is 11.5 Å². The van der Waals surface area contributed by atoms with Crippen LogP contribution in [0.15, 0.2) is 16.9 Å². The molecule has 94 valence electrons. The van der Waals surface area contributed by atoms with Crippen molar-refractivity contribution in [2.24, 2.45) is 0 Å². The van der Waals surface area contributed by atoms with Crippen LogP contribution in [-0.4, -0.2) is 25.5 Å². The number of furan rings is 1. The van der Waals surface area contributed by atoms with E-state index in [-0.39, 0.29) is 24.7 Å². The van der Waals surface area contributed by atoms with Crippen LogP contribution in [0.1, 0.15) is 13.8 Å². The maximum Gasteiger partial charge on any atom is 0.514 e. The second-order valence-corrected chi connectivity index (χ2v) is 2.67. The van der Waals surface area contributed by atoms with Crippen molar-refractivity contribution in [1.29, 1.82) is 0 Å². The van der Waals surface area contributed by atoms with Crippen LogP contribution in [0.25, 0.3) is 0 Å². The molecule has 7 heteroatoms. The van der Waals surface area contributed by atoms with E-state index in [4.69, 9.17) is 13.9 Å². The van der Waals surface area contributed by atoms with E-state index in [1.54, 1.807) is 13.8 Å². The van der Waals surface area contributed by atoms with Crippen LogP contribution in [0, 0.1) is 0 Å². The predicted octanol–water partition coefficient (Wildman–Crippen LogP) is 2.35. The van der Waals surface area contributed by atoms with Gasteiger partial charge in [0.1, 0.15) is 12.5 Å². The molecule has 0 aliphatic carbocycles. The SMILES string of the molecule is CCOC(=O)Oc1cocc1OC(=O)OCC. The van der Waals surface area contributed by atoms with E-state index < -0.39 is 12.3 Å². The molecule has 0 bridgehead atoms. The van der Waals surface area contributed by atoms with Crippen LogP contribution in [0.5, 0.6) is 11.5 Å². The van der Waals surface area contributed by atoms with Gasteiger partial charge in [-0.05, 0) is 13.8 Å². The molecular weight excluding hydrogens is 232 g/mol. The van der Waals surface area contributed by atoms with Gasteiger partial charge in [-0.15, -0.1) is 0 Å². The van der Waals surface area contributed by atoms with Gasteiger partial charge in [-0.25, -0.2) is 9.59 Å². The molecule has 0 spiro atoms. The van der Waals surface area contributed by atoms with Crippen molar-refractivity contribution in [2.75, 3.05) is 13.2 Å². The molecule has 17 heavy (non-hydrogen) atoms. The zero-order chi connectivity index (χ0) is 12.7. The highest BCUT2D eigenvalue weighted by atomic mass is 16.7. The van der Waals surface area contributed by atoms with Crippen molar-refractivity contribution in [3.05, 3.63) is 12.5 Å². The molecule has 0 fully saturated rings. The first-order chi connectivity index (χ1) is 8.17. The molecule has 1 heterocycles. The summed E-state index contributed by atoms with van der Waals surface area (Å²) < 4.78 is 23.3. The van der Waals surface area contributed by atoms with E-state index in [2.05, 4.69) is 9.47 Å². The van der Waals surface area contributed by atoms with E-state index >= 15 is 0 Å². The Balaban J connectivity index is 2.59. The van der Waals surface area contributed by atoms with E-state index in [9.17, 15) is 9.59 Å². The lowest BCUT2D eigenvalue weighted by molar-refractivity contribution is 0.0943. The molecule has 1 aromatic heterocycles. The zero-order valence-corrected chi connectivity index (χ0v) is 9.43. The summed E-state index contributed by atoms with van der Waals surface area (Å²) in [5.74, 6) is -0.118. The quantitative estimate of drug-likeness (QED) is 0.751. The van der Waals surface area contributed by atoms with E-state index in [1.165, 1.54) is 0 Å². The number of hydrogen-bond donors (Lipinski definition) is 0. The summed E-state index contributed by atoms with van der Waals surface area (Å²) in [4.78, 5) is 22.0. The Kier molecular flexibility index (Phi) is 4.86. The number of carbonyl (C=O) groups excluding carboxylic acids is 2. The van der Waals surface area contributed by atoms with Gasteiger partial charge in [0, 0.05) is 0 Å². The second kappa shape index (κ2) is 6.41. The molecule has 0 aliphatic rings. The average molecular weight is 244 g/mol. The highest BCUT2D eigenvalue weighted by molar-refractivity contribution is 5.68. The summed E-state index contributed by atoms with van der Waals surface area (Å²) in [5.41, 5.74) is 0. The first-order valence-electron chi connectivity index (χ1n) is 4.92. The summed E-state index contributed by atoms with van der Waals surface area (Å²) in [6.45, 7) is 3.61. The lowest BCUT2D eigenvalue weighted by Crippen LogP contribution is -2.13. The van der Waals surface area contributed by atoms with Gasteiger partial charge in [-0.1, -0.05) is 0 Å². The maximum atomic E-state index is 11.0. The molecule has 0 saturated carbocycles.